The average molecular weight is 308 g/mol. The molecule has 0 aromatic heterocycles. The van der Waals surface area contributed by atoms with E-state index in [-0.39, 0.29) is 6.10 Å². The van der Waals surface area contributed by atoms with Crippen LogP contribution in [0.1, 0.15) is 18.1 Å². The zero-order chi connectivity index (χ0) is 11.8. The number of hydrogen-bond acceptors (Lipinski definition) is 2. The maximum Gasteiger partial charge on any atom is 0.0935 e. The van der Waals surface area contributed by atoms with Gasteiger partial charge in [-0.05, 0) is 12.5 Å². The van der Waals surface area contributed by atoms with E-state index in [9.17, 15) is 0 Å². The van der Waals surface area contributed by atoms with E-state index in [0.29, 0.717) is 6.61 Å². The van der Waals surface area contributed by atoms with E-state index in [4.69, 9.17) is 21.1 Å². The van der Waals surface area contributed by atoms with Gasteiger partial charge in [0.15, 0.2) is 0 Å². The van der Waals surface area contributed by atoms with Crippen molar-refractivity contribution in [2.24, 2.45) is 0 Å². The van der Waals surface area contributed by atoms with Crippen LogP contribution in [-0.2, 0) is 9.47 Å². The van der Waals surface area contributed by atoms with Gasteiger partial charge in [0.05, 0.1) is 6.10 Å². The number of rotatable bonds is 7. The summed E-state index contributed by atoms with van der Waals surface area (Å²) >= 11 is 9.55. The number of benzene rings is 1. The highest BCUT2D eigenvalue weighted by Crippen LogP contribution is 2.26. The summed E-state index contributed by atoms with van der Waals surface area (Å²) in [6.45, 7) is 1.40. The van der Waals surface area contributed by atoms with E-state index in [1.165, 1.54) is 0 Å². The van der Waals surface area contributed by atoms with Crippen LogP contribution in [0.4, 0.5) is 0 Å². The topological polar surface area (TPSA) is 18.5 Å². The lowest BCUT2D eigenvalue weighted by Crippen LogP contribution is -2.08. The molecule has 1 unspecified atom stereocenters. The highest BCUT2D eigenvalue weighted by molar-refractivity contribution is 9.09. The highest BCUT2D eigenvalue weighted by atomic mass is 79.9. The van der Waals surface area contributed by atoms with Gasteiger partial charge in [-0.3, -0.25) is 0 Å². The van der Waals surface area contributed by atoms with Gasteiger partial charge in [0.1, 0.15) is 0 Å². The quantitative estimate of drug-likeness (QED) is 0.563. The molecule has 0 radical (unpaired) electrons. The van der Waals surface area contributed by atoms with Gasteiger partial charge in [-0.15, -0.1) is 0 Å². The lowest BCUT2D eigenvalue weighted by molar-refractivity contribution is 0.0533. The molecule has 0 heterocycles. The predicted octanol–water partition coefficient (Wildman–Crippen LogP) is 3.83. The molecule has 16 heavy (non-hydrogen) atoms. The lowest BCUT2D eigenvalue weighted by Gasteiger charge is -2.16. The smallest absolute Gasteiger partial charge is 0.0935 e. The minimum absolute atomic E-state index is 0.00514. The molecule has 0 amide bonds. The predicted molar refractivity (Wildman–Crippen MR) is 70.4 cm³/mol. The van der Waals surface area contributed by atoms with E-state index in [2.05, 4.69) is 15.9 Å². The van der Waals surface area contributed by atoms with Crippen LogP contribution < -0.4 is 0 Å². The van der Waals surface area contributed by atoms with Gasteiger partial charge in [0.25, 0.3) is 0 Å². The first-order chi connectivity index (χ1) is 7.79. The van der Waals surface area contributed by atoms with Gasteiger partial charge in [0.2, 0.25) is 0 Å². The van der Waals surface area contributed by atoms with Crippen LogP contribution in [-0.4, -0.2) is 25.7 Å². The largest absolute Gasteiger partial charge is 0.385 e. The molecule has 1 atom stereocenters. The molecule has 0 fully saturated rings. The Morgan fingerprint density at radius 1 is 1.31 bits per heavy atom. The van der Waals surface area contributed by atoms with Crippen molar-refractivity contribution in [1.82, 2.24) is 0 Å². The normalized spacial score (nSPS) is 12.7. The van der Waals surface area contributed by atoms with Crippen molar-refractivity contribution in [2.45, 2.75) is 12.5 Å². The summed E-state index contributed by atoms with van der Waals surface area (Å²) in [4.78, 5) is 0. The first kappa shape index (κ1) is 14.0. The third-order valence-electron chi connectivity index (χ3n) is 2.20. The first-order valence-corrected chi connectivity index (χ1v) is 6.70. The molecule has 0 spiro atoms. The minimum atomic E-state index is 0.00514. The molecule has 0 bridgehead atoms. The van der Waals surface area contributed by atoms with Crippen molar-refractivity contribution in [3.8, 4) is 0 Å². The molecule has 0 N–H and O–H groups in total. The van der Waals surface area contributed by atoms with Gasteiger partial charge in [-0.2, -0.15) is 0 Å². The molecular formula is C12H16BrClO2. The molecule has 0 aliphatic rings. The van der Waals surface area contributed by atoms with E-state index in [1.807, 2.05) is 24.3 Å². The molecule has 1 rings (SSSR count). The van der Waals surface area contributed by atoms with Gasteiger partial charge in [-0.25, -0.2) is 0 Å². The lowest BCUT2D eigenvalue weighted by atomic mass is 10.1. The highest BCUT2D eigenvalue weighted by Gasteiger charge is 2.13. The van der Waals surface area contributed by atoms with Gasteiger partial charge in [0, 0.05) is 36.2 Å². The first-order valence-electron chi connectivity index (χ1n) is 5.20. The maximum atomic E-state index is 6.11. The van der Waals surface area contributed by atoms with E-state index in [0.717, 1.165) is 28.9 Å². The monoisotopic (exact) mass is 306 g/mol. The Kier molecular flexibility index (Phi) is 7.05. The molecule has 0 aliphatic carbocycles. The Balaban J connectivity index is 2.51. The molecule has 0 saturated carbocycles. The van der Waals surface area contributed by atoms with Crippen LogP contribution in [0.25, 0.3) is 0 Å². The third kappa shape index (κ3) is 4.42. The van der Waals surface area contributed by atoms with Crippen LogP contribution >= 0.6 is 27.5 Å². The maximum absolute atomic E-state index is 6.11. The molecule has 0 saturated heterocycles. The van der Waals surface area contributed by atoms with Crippen LogP contribution in [0.15, 0.2) is 24.3 Å². The van der Waals surface area contributed by atoms with Crippen LogP contribution in [0.5, 0.6) is 0 Å². The van der Waals surface area contributed by atoms with Crippen LogP contribution in [0.3, 0.4) is 0 Å². The van der Waals surface area contributed by atoms with Crippen molar-refractivity contribution in [1.29, 1.82) is 0 Å². The van der Waals surface area contributed by atoms with Gasteiger partial charge >= 0.3 is 0 Å². The molecular weight excluding hydrogens is 291 g/mol. The van der Waals surface area contributed by atoms with Crippen LogP contribution in [0.2, 0.25) is 5.02 Å². The number of halogens is 2. The van der Waals surface area contributed by atoms with E-state index < -0.39 is 0 Å². The fraction of sp³-hybridized carbons (Fsp3) is 0.500. The standard InChI is InChI=1S/C12H16BrClO2/c1-15-7-4-8-16-12(9-13)10-5-2-3-6-11(10)14/h2-3,5-6,12H,4,7-9H2,1H3. The Labute approximate surface area is 110 Å². The van der Waals surface area contributed by atoms with Crippen molar-refractivity contribution in [3.05, 3.63) is 34.9 Å². The minimum Gasteiger partial charge on any atom is -0.385 e. The summed E-state index contributed by atoms with van der Waals surface area (Å²) in [6.07, 6.45) is 0.898. The number of ether oxygens (including phenoxy) is 2. The zero-order valence-corrected chi connectivity index (χ0v) is 11.6. The number of hydrogen-bond donors (Lipinski definition) is 0. The summed E-state index contributed by atoms with van der Waals surface area (Å²) < 4.78 is 10.7. The molecule has 1 aromatic carbocycles. The number of alkyl halides is 1. The summed E-state index contributed by atoms with van der Waals surface area (Å²) in [5.41, 5.74) is 1.03. The Morgan fingerprint density at radius 2 is 2.06 bits per heavy atom. The summed E-state index contributed by atoms with van der Waals surface area (Å²) in [6, 6.07) is 7.76. The zero-order valence-electron chi connectivity index (χ0n) is 9.29. The van der Waals surface area contributed by atoms with E-state index >= 15 is 0 Å². The fourth-order valence-electron chi connectivity index (χ4n) is 1.38. The Morgan fingerprint density at radius 3 is 2.69 bits per heavy atom. The Hall–Kier alpha value is -0.0900. The average Bonchev–Trinajstić information content (AvgIpc) is 2.31. The second-order valence-electron chi connectivity index (χ2n) is 3.38. The molecule has 1 aromatic rings. The van der Waals surface area contributed by atoms with Gasteiger partial charge < -0.3 is 9.47 Å². The van der Waals surface area contributed by atoms with Crippen LogP contribution in [0, 0.1) is 0 Å². The van der Waals surface area contributed by atoms with Crippen molar-refractivity contribution in [3.63, 3.8) is 0 Å². The summed E-state index contributed by atoms with van der Waals surface area (Å²) in [5.74, 6) is 0. The molecule has 4 heteroatoms. The number of methoxy groups -OCH3 is 1. The van der Waals surface area contributed by atoms with E-state index in [1.54, 1.807) is 7.11 Å². The van der Waals surface area contributed by atoms with Gasteiger partial charge in [-0.1, -0.05) is 45.7 Å². The molecule has 90 valence electrons. The van der Waals surface area contributed by atoms with Crippen molar-refractivity contribution >= 4 is 27.5 Å². The second kappa shape index (κ2) is 8.07. The Bertz CT molecular complexity index is 307. The SMILES string of the molecule is COCCCOC(CBr)c1ccccc1Cl. The molecule has 2 nitrogen and oxygen atoms in total. The summed E-state index contributed by atoms with van der Waals surface area (Å²) in [7, 11) is 1.69. The second-order valence-corrected chi connectivity index (χ2v) is 4.44. The third-order valence-corrected chi connectivity index (χ3v) is 3.14. The molecule has 0 aliphatic heterocycles. The fourth-order valence-corrected chi connectivity index (χ4v) is 2.18. The summed E-state index contributed by atoms with van der Waals surface area (Å²) in [5, 5.41) is 1.49. The van der Waals surface area contributed by atoms with Crippen molar-refractivity contribution < 1.29 is 9.47 Å². The van der Waals surface area contributed by atoms with Crippen molar-refractivity contribution in [2.75, 3.05) is 25.7 Å².